The molecule has 0 bridgehead atoms. The van der Waals surface area contributed by atoms with E-state index in [1.54, 1.807) is 42.7 Å². The zero-order chi connectivity index (χ0) is 25.9. The van der Waals surface area contributed by atoms with Gasteiger partial charge in [-0.1, -0.05) is 23.2 Å². The van der Waals surface area contributed by atoms with Gasteiger partial charge < -0.3 is 15.8 Å². The number of rotatable bonds is 7. The van der Waals surface area contributed by atoms with Gasteiger partial charge in [-0.2, -0.15) is 20.1 Å². The van der Waals surface area contributed by atoms with E-state index in [9.17, 15) is 10.1 Å². The molecule has 0 radical (unpaired) electrons. The van der Waals surface area contributed by atoms with Gasteiger partial charge in [-0.3, -0.25) is 4.68 Å². The van der Waals surface area contributed by atoms with Crippen LogP contribution in [0.25, 0.3) is 21.9 Å². The molecule has 37 heavy (non-hydrogen) atoms. The summed E-state index contributed by atoms with van der Waals surface area (Å²) >= 11 is 12.6. The van der Waals surface area contributed by atoms with Crippen molar-refractivity contribution in [1.82, 2.24) is 29.9 Å². The number of aryl methyl sites for hydroxylation is 2. The summed E-state index contributed by atoms with van der Waals surface area (Å²) < 4.78 is 9.11. The molecule has 0 saturated heterocycles. The first kappa shape index (κ1) is 24.5. The fourth-order valence-electron chi connectivity index (χ4n) is 3.99. The first-order chi connectivity index (χ1) is 18.0. The molecular weight excluding hydrogens is 515 g/mol. The van der Waals surface area contributed by atoms with Gasteiger partial charge in [0, 0.05) is 42.7 Å². The van der Waals surface area contributed by atoms with Crippen molar-refractivity contribution in [2.24, 2.45) is 5.73 Å². The minimum atomic E-state index is -0.387. The molecule has 5 aromatic rings. The number of halogens is 2. The van der Waals surface area contributed by atoms with Gasteiger partial charge in [0.25, 0.3) is 0 Å². The average molecular weight is 535 g/mol. The fourth-order valence-corrected chi connectivity index (χ4v) is 4.42. The van der Waals surface area contributed by atoms with Crippen LogP contribution in [-0.4, -0.2) is 43.7 Å². The maximum absolute atomic E-state index is 12.5. The number of ether oxygens (including phenoxy) is 1. The van der Waals surface area contributed by atoms with Gasteiger partial charge in [-0.25, -0.2) is 9.78 Å². The highest BCUT2D eigenvalue weighted by atomic mass is 35.5. The predicted octanol–water partition coefficient (Wildman–Crippen LogP) is 4.51. The molecule has 3 N–H and O–H groups in total. The summed E-state index contributed by atoms with van der Waals surface area (Å²) in [7, 11) is 0. The Bertz CT molecular complexity index is 1670. The highest BCUT2D eigenvalue weighted by Gasteiger charge is 2.18. The van der Waals surface area contributed by atoms with E-state index in [4.69, 9.17) is 33.7 Å². The van der Waals surface area contributed by atoms with E-state index < -0.39 is 0 Å². The van der Waals surface area contributed by atoms with Crippen molar-refractivity contribution < 1.29 is 9.53 Å². The van der Waals surface area contributed by atoms with Gasteiger partial charge in [-0.15, -0.1) is 0 Å². The lowest BCUT2D eigenvalue weighted by molar-refractivity contribution is 0.240. The summed E-state index contributed by atoms with van der Waals surface area (Å²) in [5.41, 5.74) is 7.85. The van der Waals surface area contributed by atoms with Crippen LogP contribution < -0.4 is 15.8 Å². The third kappa shape index (κ3) is 4.93. The number of carbonyl (C=O) groups excluding carboxylic acids is 1. The molecule has 2 aromatic carbocycles. The van der Waals surface area contributed by atoms with E-state index in [1.165, 1.54) is 4.68 Å². The van der Waals surface area contributed by atoms with Crippen molar-refractivity contribution in [3.05, 3.63) is 76.2 Å². The van der Waals surface area contributed by atoms with Crippen LogP contribution in [0, 0.1) is 11.3 Å². The van der Waals surface area contributed by atoms with Crippen LogP contribution >= 0.6 is 23.2 Å². The topological polar surface area (TPSA) is 137 Å². The van der Waals surface area contributed by atoms with Crippen LogP contribution in [0.4, 0.5) is 4.79 Å². The third-order valence-electron chi connectivity index (χ3n) is 5.64. The number of hydrogen-bond acceptors (Lipinski definition) is 7. The Morgan fingerprint density at radius 2 is 2.05 bits per heavy atom. The molecule has 186 valence electrons. The minimum absolute atomic E-state index is 0.324. The van der Waals surface area contributed by atoms with Crippen LogP contribution in [0.3, 0.4) is 0 Å². The second-order valence-electron chi connectivity index (χ2n) is 8.07. The van der Waals surface area contributed by atoms with Crippen LogP contribution in [0.1, 0.15) is 11.3 Å². The van der Waals surface area contributed by atoms with Crippen LogP contribution in [0.5, 0.6) is 11.5 Å². The first-order valence-corrected chi connectivity index (χ1v) is 12.1. The van der Waals surface area contributed by atoms with Crippen molar-refractivity contribution in [1.29, 1.82) is 5.26 Å². The zero-order valence-electron chi connectivity index (χ0n) is 19.4. The number of fused-ring (bicyclic) bond motifs is 2. The lowest BCUT2D eigenvalue weighted by Gasteiger charge is -2.10. The number of aromatic nitrogens is 5. The Kier molecular flexibility index (Phi) is 6.92. The van der Waals surface area contributed by atoms with Gasteiger partial charge in [0.05, 0.1) is 39.4 Å². The SMILES string of the molecule is N#Cc1cc(Cl)cc(Oc2c(Cl)ccc3c2cnn3CCc2nn(C(=O)NCCN)c3ncccc23)c1. The van der Waals surface area contributed by atoms with Crippen LogP contribution in [0.15, 0.2) is 54.9 Å². The number of nitrogens with two attached hydrogens (primary N) is 1. The molecule has 0 aliphatic heterocycles. The van der Waals surface area contributed by atoms with Crippen LogP contribution in [0.2, 0.25) is 10.0 Å². The molecule has 3 heterocycles. The Morgan fingerprint density at radius 3 is 2.86 bits per heavy atom. The van der Waals surface area contributed by atoms with E-state index in [0.29, 0.717) is 69.9 Å². The summed E-state index contributed by atoms with van der Waals surface area (Å²) in [6, 6.07) is 13.7. The smallest absolute Gasteiger partial charge is 0.344 e. The van der Waals surface area contributed by atoms with Gasteiger partial charge >= 0.3 is 6.03 Å². The summed E-state index contributed by atoms with van der Waals surface area (Å²) in [5.74, 6) is 0.802. The monoisotopic (exact) mass is 534 g/mol. The molecule has 10 nitrogen and oxygen atoms in total. The lowest BCUT2D eigenvalue weighted by atomic mass is 10.2. The highest BCUT2D eigenvalue weighted by molar-refractivity contribution is 6.33. The molecule has 5 rings (SSSR count). The molecule has 3 aromatic heterocycles. The van der Waals surface area contributed by atoms with Crippen molar-refractivity contribution in [3.63, 3.8) is 0 Å². The molecular formula is C25H20Cl2N8O2. The second kappa shape index (κ2) is 10.4. The standard InChI is InChI=1S/C25H20Cl2N8O2/c26-16-10-15(13-29)11-17(12-16)37-23-19-14-32-34(22(19)4-3-20(23)27)9-5-21-18-2-1-7-30-24(18)35(33-21)25(36)31-8-6-28/h1-4,7,10-12,14H,5-6,8-9,28H2,(H,31,36). The number of hydrogen-bond donors (Lipinski definition) is 2. The normalized spacial score (nSPS) is 11.1. The lowest BCUT2D eigenvalue weighted by Crippen LogP contribution is -2.33. The molecule has 12 heteroatoms. The van der Waals surface area contributed by atoms with Crippen molar-refractivity contribution in [2.45, 2.75) is 13.0 Å². The Morgan fingerprint density at radius 1 is 1.19 bits per heavy atom. The molecule has 0 aliphatic rings. The molecule has 0 aliphatic carbocycles. The number of nitrogens with one attached hydrogen (secondary N) is 1. The van der Waals surface area contributed by atoms with E-state index >= 15 is 0 Å². The molecule has 1 amide bonds. The summed E-state index contributed by atoms with van der Waals surface area (Å²) in [5, 5.41) is 23.2. The molecule has 0 fully saturated rings. The summed E-state index contributed by atoms with van der Waals surface area (Å²) in [6.45, 7) is 1.14. The average Bonchev–Trinajstić information content (AvgIpc) is 3.49. The number of benzene rings is 2. The van der Waals surface area contributed by atoms with Crippen molar-refractivity contribution >= 4 is 51.2 Å². The Balaban J connectivity index is 1.43. The number of carbonyl (C=O) groups is 1. The van der Waals surface area contributed by atoms with E-state index in [-0.39, 0.29) is 6.03 Å². The number of amides is 1. The number of nitrogens with zero attached hydrogens (tertiary/aromatic N) is 6. The number of pyridine rings is 1. The summed E-state index contributed by atoms with van der Waals surface area (Å²) in [4.78, 5) is 16.9. The van der Waals surface area contributed by atoms with Gasteiger partial charge in [-0.05, 0) is 42.5 Å². The quantitative estimate of drug-likeness (QED) is 0.313. The van der Waals surface area contributed by atoms with Gasteiger partial charge in [0.2, 0.25) is 0 Å². The maximum Gasteiger partial charge on any atom is 0.344 e. The Hall–Kier alpha value is -4.17. The first-order valence-electron chi connectivity index (χ1n) is 11.3. The van der Waals surface area contributed by atoms with Gasteiger partial charge in [0.1, 0.15) is 5.75 Å². The van der Waals surface area contributed by atoms with Crippen molar-refractivity contribution in [2.75, 3.05) is 13.1 Å². The van der Waals surface area contributed by atoms with Crippen molar-refractivity contribution in [3.8, 4) is 17.6 Å². The summed E-state index contributed by atoms with van der Waals surface area (Å²) in [6.07, 6.45) is 3.78. The van der Waals surface area contributed by atoms with E-state index in [2.05, 4.69) is 26.6 Å². The molecule has 0 spiro atoms. The van der Waals surface area contributed by atoms with Gasteiger partial charge in [0.15, 0.2) is 11.4 Å². The molecule has 0 saturated carbocycles. The molecule has 0 atom stereocenters. The van der Waals surface area contributed by atoms with Crippen LogP contribution in [-0.2, 0) is 13.0 Å². The Labute approximate surface area is 221 Å². The third-order valence-corrected chi connectivity index (χ3v) is 6.16. The fraction of sp³-hybridized carbons (Fsp3) is 0.160. The number of nitriles is 1. The predicted molar refractivity (Wildman–Crippen MR) is 140 cm³/mol. The second-order valence-corrected chi connectivity index (χ2v) is 8.91. The molecule has 0 unspecified atom stereocenters. The highest BCUT2D eigenvalue weighted by Crippen LogP contribution is 2.37. The zero-order valence-corrected chi connectivity index (χ0v) is 20.9. The minimum Gasteiger partial charge on any atom is -0.455 e. The van der Waals surface area contributed by atoms with E-state index in [1.807, 2.05) is 16.8 Å². The maximum atomic E-state index is 12.5. The van der Waals surface area contributed by atoms with E-state index in [0.717, 1.165) is 10.9 Å². The largest absolute Gasteiger partial charge is 0.455 e.